The van der Waals surface area contributed by atoms with E-state index in [9.17, 15) is 9.59 Å². The van der Waals surface area contributed by atoms with Gasteiger partial charge in [-0.1, -0.05) is 0 Å². The number of H-pyrrole nitrogens is 1. The zero-order chi connectivity index (χ0) is 15.2. The van der Waals surface area contributed by atoms with Crippen molar-refractivity contribution in [2.24, 2.45) is 0 Å². The van der Waals surface area contributed by atoms with Crippen molar-refractivity contribution >= 4 is 5.91 Å². The van der Waals surface area contributed by atoms with Crippen molar-refractivity contribution in [3.8, 4) is 0 Å². The zero-order valence-corrected chi connectivity index (χ0v) is 12.7. The summed E-state index contributed by atoms with van der Waals surface area (Å²) < 4.78 is 5.09. The van der Waals surface area contributed by atoms with Gasteiger partial charge in [0.25, 0.3) is 5.91 Å². The number of carbonyl (C=O) groups is 1. The second-order valence-corrected chi connectivity index (χ2v) is 5.37. The molecule has 6 nitrogen and oxygen atoms in total. The fourth-order valence-corrected chi connectivity index (χ4v) is 2.53. The molecule has 0 bridgehead atoms. The molecule has 0 saturated carbocycles. The van der Waals surface area contributed by atoms with Crippen molar-refractivity contribution in [3.05, 3.63) is 33.7 Å². The van der Waals surface area contributed by atoms with Crippen LogP contribution in [0.4, 0.5) is 0 Å². The van der Waals surface area contributed by atoms with Crippen LogP contribution in [0.5, 0.6) is 0 Å². The largest absolute Gasteiger partial charge is 0.383 e. The number of aromatic nitrogens is 1. The van der Waals surface area contributed by atoms with Crippen LogP contribution >= 0.6 is 0 Å². The molecule has 21 heavy (non-hydrogen) atoms. The van der Waals surface area contributed by atoms with Crippen LogP contribution in [0, 0.1) is 6.92 Å². The van der Waals surface area contributed by atoms with Crippen LogP contribution in [0.15, 0.2) is 17.1 Å². The van der Waals surface area contributed by atoms with Crippen LogP contribution in [0.3, 0.4) is 0 Å². The molecule has 1 aliphatic rings. The second-order valence-electron chi connectivity index (χ2n) is 5.37. The van der Waals surface area contributed by atoms with Crippen molar-refractivity contribution in [1.82, 2.24) is 14.8 Å². The number of nitrogens with one attached hydrogen (secondary N) is 1. The standard InChI is InChI=1S/C15H23N3O3/c1-12-10-14(19)13(11-16-12)15(20)18-5-3-4-17(6-7-18)8-9-21-2/h10-11H,3-9H2,1-2H3,(H,16,19). The molecule has 2 rings (SSSR count). The summed E-state index contributed by atoms with van der Waals surface area (Å²) in [5.74, 6) is -0.176. The first kappa shape index (κ1) is 15.7. The summed E-state index contributed by atoms with van der Waals surface area (Å²) in [6.07, 6.45) is 2.44. The van der Waals surface area contributed by atoms with Gasteiger partial charge in [-0.05, 0) is 19.9 Å². The number of amides is 1. The minimum Gasteiger partial charge on any atom is -0.383 e. The molecular weight excluding hydrogens is 270 g/mol. The fourth-order valence-electron chi connectivity index (χ4n) is 2.53. The number of carbonyl (C=O) groups excluding carboxylic acids is 1. The van der Waals surface area contributed by atoms with Crippen LogP contribution in [0.2, 0.25) is 0 Å². The first-order valence-corrected chi connectivity index (χ1v) is 7.31. The first-order valence-electron chi connectivity index (χ1n) is 7.31. The molecule has 0 radical (unpaired) electrons. The van der Waals surface area contributed by atoms with E-state index in [1.807, 2.05) is 0 Å². The summed E-state index contributed by atoms with van der Waals surface area (Å²) in [6.45, 7) is 6.49. The molecular formula is C15H23N3O3. The molecule has 6 heteroatoms. The molecule has 0 unspecified atom stereocenters. The van der Waals surface area contributed by atoms with E-state index in [1.165, 1.54) is 12.3 Å². The summed E-state index contributed by atoms with van der Waals surface area (Å²) in [4.78, 5) is 31.4. The van der Waals surface area contributed by atoms with Gasteiger partial charge in [0.05, 0.1) is 6.61 Å². The Balaban J connectivity index is 2.01. The number of methoxy groups -OCH3 is 1. The average molecular weight is 293 g/mol. The summed E-state index contributed by atoms with van der Waals surface area (Å²) in [6, 6.07) is 1.47. The molecule has 0 spiro atoms. The molecule has 1 aromatic rings. The SMILES string of the molecule is COCCN1CCCN(C(=O)c2c[nH]c(C)cc2=O)CC1. The molecule has 0 atom stereocenters. The summed E-state index contributed by atoms with van der Waals surface area (Å²) >= 11 is 0. The van der Waals surface area contributed by atoms with Crippen molar-refractivity contribution in [3.63, 3.8) is 0 Å². The molecule has 1 N–H and O–H groups in total. The highest BCUT2D eigenvalue weighted by atomic mass is 16.5. The Labute approximate surface area is 124 Å². The van der Waals surface area contributed by atoms with Gasteiger partial charge in [0, 0.05) is 51.2 Å². The van der Waals surface area contributed by atoms with E-state index >= 15 is 0 Å². The monoisotopic (exact) mass is 293 g/mol. The highest BCUT2D eigenvalue weighted by molar-refractivity contribution is 5.93. The van der Waals surface area contributed by atoms with Gasteiger partial charge in [-0.3, -0.25) is 14.5 Å². The minimum absolute atomic E-state index is 0.176. The average Bonchev–Trinajstić information content (AvgIpc) is 2.70. The predicted octanol–water partition coefficient (Wildman–Crippen LogP) is 0.478. The number of ether oxygens (including phenoxy) is 1. The maximum absolute atomic E-state index is 12.5. The third-order valence-corrected chi connectivity index (χ3v) is 3.78. The highest BCUT2D eigenvalue weighted by Crippen LogP contribution is 2.07. The summed E-state index contributed by atoms with van der Waals surface area (Å²) in [5, 5.41) is 0. The van der Waals surface area contributed by atoms with Crippen molar-refractivity contribution < 1.29 is 9.53 Å². The van der Waals surface area contributed by atoms with Crippen LogP contribution in [0.25, 0.3) is 0 Å². The number of aryl methyl sites for hydroxylation is 1. The van der Waals surface area contributed by atoms with Crippen LogP contribution < -0.4 is 5.43 Å². The molecule has 1 saturated heterocycles. The van der Waals surface area contributed by atoms with Crippen LogP contribution in [-0.2, 0) is 4.74 Å². The molecule has 116 valence electrons. The van der Waals surface area contributed by atoms with Gasteiger partial charge in [-0.2, -0.15) is 0 Å². The van der Waals surface area contributed by atoms with Gasteiger partial charge in [0.1, 0.15) is 5.56 Å². The lowest BCUT2D eigenvalue weighted by Gasteiger charge is -2.21. The van der Waals surface area contributed by atoms with E-state index in [0.29, 0.717) is 19.7 Å². The Morgan fingerprint density at radius 2 is 2.14 bits per heavy atom. The Morgan fingerprint density at radius 3 is 2.86 bits per heavy atom. The first-order chi connectivity index (χ1) is 10.1. The van der Waals surface area contributed by atoms with Crippen molar-refractivity contribution in [2.45, 2.75) is 13.3 Å². The van der Waals surface area contributed by atoms with Crippen molar-refractivity contribution in [2.75, 3.05) is 46.4 Å². The zero-order valence-electron chi connectivity index (χ0n) is 12.7. The lowest BCUT2D eigenvalue weighted by Crippen LogP contribution is -2.38. The maximum Gasteiger partial charge on any atom is 0.259 e. The molecule has 2 heterocycles. The number of pyridine rings is 1. The van der Waals surface area contributed by atoms with Crippen LogP contribution in [0.1, 0.15) is 22.5 Å². The van der Waals surface area contributed by atoms with E-state index < -0.39 is 0 Å². The number of nitrogens with zero attached hydrogens (tertiary/aromatic N) is 2. The Hall–Kier alpha value is -1.66. The minimum atomic E-state index is -0.211. The van der Waals surface area contributed by atoms with Gasteiger partial charge in [-0.25, -0.2) is 0 Å². The van der Waals surface area contributed by atoms with Crippen molar-refractivity contribution in [1.29, 1.82) is 0 Å². The molecule has 1 aliphatic heterocycles. The van der Waals surface area contributed by atoms with Gasteiger partial charge >= 0.3 is 0 Å². The molecule has 1 amide bonds. The van der Waals surface area contributed by atoms with E-state index in [2.05, 4.69) is 9.88 Å². The quantitative estimate of drug-likeness (QED) is 0.877. The Kier molecular flexibility index (Phi) is 5.52. The smallest absolute Gasteiger partial charge is 0.259 e. The third kappa shape index (κ3) is 4.15. The summed E-state index contributed by atoms with van der Waals surface area (Å²) in [7, 11) is 1.69. The summed E-state index contributed by atoms with van der Waals surface area (Å²) in [5.41, 5.74) is 0.779. The normalized spacial score (nSPS) is 16.8. The number of hydrogen-bond acceptors (Lipinski definition) is 4. The van der Waals surface area contributed by atoms with E-state index in [4.69, 9.17) is 4.74 Å². The van der Waals surface area contributed by atoms with E-state index in [-0.39, 0.29) is 16.9 Å². The number of aromatic amines is 1. The fraction of sp³-hybridized carbons (Fsp3) is 0.600. The van der Waals surface area contributed by atoms with Gasteiger partial charge in [-0.15, -0.1) is 0 Å². The van der Waals surface area contributed by atoms with Gasteiger partial charge in [0.15, 0.2) is 5.43 Å². The topological polar surface area (TPSA) is 65.6 Å². The molecule has 0 aromatic carbocycles. The predicted molar refractivity (Wildman–Crippen MR) is 80.6 cm³/mol. The number of hydrogen-bond donors (Lipinski definition) is 1. The highest BCUT2D eigenvalue weighted by Gasteiger charge is 2.21. The maximum atomic E-state index is 12.5. The lowest BCUT2D eigenvalue weighted by molar-refractivity contribution is 0.0757. The molecule has 1 fully saturated rings. The Morgan fingerprint density at radius 1 is 1.33 bits per heavy atom. The van der Waals surface area contributed by atoms with E-state index in [1.54, 1.807) is 18.9 Å². The molecule has 1 aromatic heterocycles. The van der Waals surface area contributed by atoms with Crippen LogP contribution in [-0.4, -0.2) is 67.1 Å². The third-order valence-electron chi connectivity index (χ3n) is 3.78. The lowest BCUT2D eigenvalue weighted by atomic mass is 10.2. The second kappa shape index (κ2) is 7.38. The van der Waals surface area contributed by atoms with E-state index in [0.717, 1.165) is 31.7 Å². The van der Waals surface area contributed by atoms with Gasteiger partial charge in [0.2, 0.25) is 0 Å². The molecule has 0 aliphatic carbocycles. The van der Waals surface area contributed by atoms with Gasteiger partial charge < -0.3 is 14.6 Å². The Bertz CT molecular complexity index is 541. The number of rotatable bonds is 4.